The molecule has 0 amide bonds. The van der Waals surface area contributed by atoms with E-state index in [9.17, 15) is 4.79 Å². The summed E-state index contributed by atoms with van der Waals surface area (Å²) in [5.74, 6) is 0.000437. The predicted octanol–water partition coefficient (Wildman–Crippen LogP) is 4.88. The van der Waals surface area contributed by atoms with Gasteiger partial charge in [-0.2, -0.15) is 0 Å². The summed E-state index contributed by atoms with van der Waals surface area (Å²) in [7, 11) is 0. The molecule has 0 radical (unpaired) electrons. The van der Waals surface area contributed by atoms with Crippen LogP contribution in [0.3, 0.4) is 0 Å². The highest BCUT2D eigenvalue weighted by Crippen LogP contribution is 2.28. The Morgan fingerprint density at radius 1 is 1.28 bits per heavy atom. The molecule has 2 heterocycles. The second kappa shape index (κ2) is 4.53. The first-order valence-electron chi connectivity index (χ1n) is 5.22. The highest BCUT2D eigenvalue weighted by Gasteiger charge is 2.15. The fraction of sp³-hybridized carbons (Fsp3) is 0. The van der Waals surface area contributed by atoms with Gasteiger partial charge in [0.05, 0.1) is 9.21 Å². The van der Waals surface area contributed by atoms with E-state index in [4.69, 9.17) is 11.6 Å². The van der Waals surface area contributed by atoms with Crippen LogP contribution in [0.2, 0.25) is 4.34 Å². The zero-order chi connectivity index (χ0) is 12.7. The maximum atomic E-state index is 12.3. The van der Waals surface area contributed by atoms with E-state index < -0.39 is 0 Å². The van der Waals surface area contributed by atoms with E-state index >= 15 is 0 Å². The standard InChI is InChI=1S/C13H7BrClNOS/c14-7-1-2-8-9(6-16-10(8)5-7)13(17)11-3-4-12(15)18-11/h1-6,16H. The van der Waals surface area contributed by atoms with Crippen molar-refractivity contribution in [3.63, 3.8) is 0 Å². The van der Waals surface area contributed by atoms with Crippen LogP contribution in [0.15, 0.2) is 41.0 Å². The smallest absolute Gasteiger partial charge is 0.205 e. The molecular weight excluding hydrogens is 334 g/mol. The van der Waals surface area contributed by atoms with Gasteiger partial charge in [0.15, 0.2) is 0 Å². The molecule has 0 atom stereocenters. The Balaban J connectivity index is 2.12. The molecule has 0 saturated heterocycles. The number of H-pyrrole nitrogens is 1. The number of carbonyl (C=O) groups excluding carboxylic acids is 1. The third kappa shape index (κ3) is 2.00. The van der Waals surface area contributed by atoms with Gasteiger partial charge in [-0.3, -0.25) is 4.79 Å². The Hall–Kier alpha value is -1.10. The highest BCUT2D eigenvalue weighted by atomic mass is 79.9. The summed E-state index contributed by atoms with van der Waals surface area (Å²) in [5.41, 5.74) is 1.62. The number of rotatable bonds is 2. The van der Waals surface area contributed by atoms with Crippen molar-refractivity contribution >= 4 is 55.6 Å². The van der Waals surface area contributed by atoms with Gasteiger partial charge in [-0.15, -0.1) is 11.3 Å². The summed E-state index contributed by atoms with van der Waals surface area (Å²) in [6.07, 6.45) is 1.74. The molecule has 0 aliphatic carbocycles. The number of carbonyl (C=O) groups is 1. The van der Waals surface area contributed by atoms with Crippen molar-refractivity contribution < 1.29 is 4.79 Å². The molecule has 2 nitrogen and oxygen atoms in total. The quantitative estimate of drug-likeness (QED) is 0.663. The van der Waals surface area contributed by atoms with Crippen LogP contribution in [0.4, 0.5) is 0 Å². The van der Waals surface area contributed by atoms with Gasteiger partial charge in [-0.25, -0.2) is 0 Å². The van der Waals surface area contributed by atoms with E-state index in [0.717, 1.165) is 15.4 Å². The lowest BCUT2D eigenvalue weighted by atomic mass is 10.1. The lowest BCUT2D eigenvalue weighted by Crippen LogP contribution is -1.96. The maximum Gasteiger partial charge on any atom is 0.205 e. The van der Waals surface area contributed by atoms with Gasteiger partial charge in [-0.1, -0.05) is 33.6 Å². The molecule has 0 aliphatic heterocycles. The molecule has 0 spiro atoms. The number of ketones is 1. The number of fused-ring (bicyclic) bond motifs is 1. The molecule has 3 rings (SSSR count). The van der Waals surface area contributed by atoms with Gasteiger partial charge in [0.1, 0.15) is 0 Å². The number of hydrogen-bond donors (Lipinski definition) is 1. The molecule has 2 aromatic heterocycles. The summed E-state index contributed by atoms with van der Waals surface area (Å²) in [6, 6.07) is 9.30. The van der Waals surface area contributed by atoms with Crippen LogP contribution >= 0.6 is 38.9 Å². The molecule has 90 valence electrons. The summed E-state index contributed by atoms with van der Waals surface area (Å²) in [4.78, 5) is 16.1. The second-order valence-corrected chi connectivity index (χ2v) is 6.46. The molecule has 0 fully saturated rings. The van der Waals surface area contributed by atoms with Crippen molar-refractivity contribution in [3.8, 4) is 0 Å². The average Bonchev–Trinajstić information content (AvgIpc) is 2.94. The first kappa shape index (κ1) is 12.0. The van der Waals surface area contributed by atoms with E-state index in [-0.39, 0.29) is 5.78 Å². The van der Waals surface area contributed by atoms with Crippen LogP contribution in [0.1, 0.15) is 15.2 Å². The largest absolute Gasteiger partial charge is 0.360 e. The molecule has 0 unspecified atom stereocenters. The number of nitrogens with one attached hydrogen (secondary N) is 1. The third-order valence-corrected chi connectivity index (χ3v) is 4.41. The Morgan fingerprint density at radius 2 is 2.11 bits per heavy atom. The topological polar surface area (TPSA) is 32.9 Å². The minimum Gasteiger partial charge on any atom is -0.360 e. The van der Waals surface area contributed by atoms with Gasteiger partial charge in [0.25, 0.3) is 0 Å². The molecule has 18 heavy (non-hydrogen) atoms. The summed E-state index contributed by atoms with van der Waals surface area (Å²) in [5, 5.41) is 0.924. The molecule has 3 aromatic rings. The Morgan fingerprint density at radius 3 is 2.83 bits per heavy atom. The van der Waals surface area contributed by atoms with Crippen molar-refractivity contribution in [2.45, 2.75) is 0 Å². The van der Waals surface area contributed by atoms with Gasteiger partial charge < -0.3 is 4.98 Å². The lowest BCUT2D eigenvalue weighted by molar-refractivity contribution is 0.104. The van der Waals surface area contributed by atoms with Crippen molar-refractivity contribution in [1.82, 2.24) is 4.98 Å². The van der Waals surface area contributed by atoms with Crippen LogP contribution in [0.5, 0.6) is 0 Å². The van der Waals surface area contributed by atoms with Crippen molar-refractivity contribution in [2.24, 2.45) is 0 Å². The fourth-order valence-corrected chi connectivity index (χ4v) is 3.21. The molecule has 0 bridgehead atoms. The maximum absolute atomic E-state index is 12.3. The van der Waals surface area contributed by atoms with E-state index in [1.54, 1.807) is 18.3 Å². The minimum atomic E-state index is 0.000437. The fourth-order valence-electron chi connectivity index (χ4n) is 1.86. The zero-order valence-electron chi connectivity index (χ0n) is 9.04. The summed E-state index contributed by atoms with van der Waals surface area (Å²) < 4.78 is 1.61. The number of aromatic amines is 1. The second-order valence-electron chi connectivity index (χ2n) is 3.83. The summed E-state index contributed by atoms with van der Waals surface area (Å²) >= 11 is 10.6. The van der Waals surface area contributed by atoms with E-state index in [1.165, 1.54) is 11.3 Å². The first-order valence-corrected chi connectivity index (χ1v) is 7.20. The minimum absolute atomic E-state index is 0.000437. The number of thiophene rings is 1. The van der Waals surface area contributed by atoms with Gasteiger partial charge in [0, 0.05) is 27.1 Å². The number of aromatic nitrogens is 1. The third-order valence-electron chi connectivity index (χ3n) is 2.69. The number of benzene rings is 1. The lowest BCUT2D eigenvalue weighted by Gasteiger charge is -1.96. The normalized spacial score (nSPS) is 11.0. The van der Waals surface area contributed by atoms with Crippen molar-refractivity contribution in [3.05, 3.63) is 55.8 Å². The molecular formula is C13H7BrClNOS. The van der Waals surface area contributed by atoms with E-state index in [1.807, 2.05) is 18.2 Å². The summed E-state index contributed by atoms with van der Waals surface area (Å²) in [6.45, 7) is 0. The number of hydrogen-bond acceptors (Lipinski definition) is 2. The van der Waals surface area contributed by atoms with Gasteiger partial charge >= 0.3 is 0 Å². The predicted molar refractivity (Wildman–Crippen MR) is 78.8 cm³/mol. The van der Waals surface area contributed by atoms with Crippen LogP contribution < -0.4 is 0 Å². The van der Waals surface area contributed by atoms with Gasteiger partial charge in [-0.05, 0) is 24.3 Å². The first-order chi connectivity index (χ1) is 8.65. The molecule has 0 saturated carbocycles. The highest BCUT2D eigenvalue weighted by molar-refractivity contribution is 9.10. The Kier molecular flexibility index (Phi) is 3.01. The average molecular weight is 341 g/mol. The molecule has 5 heteroatoms. The van der Waals surface area contributed by atoms with Crippen molar-refractivity contribution in [1.29, 1.82) is 0 Å². The zero-order valence-corrected chi connectivity index (χ0v) is 12.2. The monoisotopic (exact) mass is 339 g/mol. The van der Waals surface area contributed by atoms with Crippen LogP contribution in [0, 0.1) is 0 Å². The molecule has 1 aromatic carbocycles. The SMILES string of the molecule is O=C(c1ccc(Cl)s1)c1c[nH]c2cc(Br)ccc12. The van der Waals surface area contributed by atoms with Crippen LogP contribution in [-0.4, -0.2) is 10.8 Å². The molecule has 1 N–H and O–H groups in total. The van der Waals surface area contributed by atoms with E-state index in [0.29, 0.717) is 14.8 Å². The Bertz CT molecular complexity index is 746. The molecule has 0 aliphatic rings. The van der Waals surface area contributed by atoms with E-state index in [2.05, 4.69) is 20.9 Å². The van der Waals surface area contributed by atoms with Crippen LogP contribution in [-0.2, 0) is 0 Å². The van der Waals surface area contributed by atoms with Crippen molar-refractivity contribution in [2.75, 3.05) is 0 Å². The number of halogens is 2. The van der Waals surface area contributed by atoms with Gasteiger partial charge in [0.2, 0.25) is 5.78 Å². The Labute approximate surface area is 121 Å². The van der Waals surface area contributed by atoms with Crippen LogP contribution in [0.25, 0.3) is 10.9 Å².